The van der Waals surface area contributed by atoms with Crippen molar-refractivity contribution in [2.24, 2.45) is 0 Å². The van der Waals surface area contributed by atoms with Gasteiger partial charge in [-0.3, -0.25) is 14.6 Å². The standard InChI is InChI=1S/C16H13ClN6O2S/c17-14-11(6-3-7-19-14)20-12(24)8-26-16-21-15(25)13(22-23-16)9-4-1-2-5-10(9)18/h1-7H,8,18H2,(H,20,24)(H,21,23,25). The first-order chi connectivity index (χ1) is 12.5. The number of benzene rings is 1. The Hall–Kier alpha value is -2.91. The summed E-state index contributed by atoms with van der Waals surface area (Å²) in [6, 6.07) is 10.2. The van der Waals surface area contributed by atoms with E-state index in [2.05, 4.69) is 25.5 Å². The molecule has 132 valence electrons. The predicted octanol–water partition coefficient (Wildman–Crippen LogP) is 2.19. The molecule has 0 saturated heterocycles. The summed E-state index contributed by atoms with van der Waals surface area (Å²) in [5, 5.41) is 10.9. The van der Waals surface area contributed by atoms with Crippen LogP contribution in [0.4, 0.5) is 11.4 Å². The molecule has 1 aromatic carbocycles. The smallest absolute Gasteiger partial charge is 0.278 e. The van der Waals surface area contributed by atoms with Gasteiger partial charge in [0.05, 0.1) is 11.4 Å². The largest absolute Gasteiger partial charge is 0.398 e. The van der Waals surface area contributed by atoms with Gasteiger partial charge in [0, 0.05) is 17.4 Å². The highest BCUT2D eigenvalue weighted by molar-refractivity contribution is 7.99. The fourth-order valence-electron chi connectivity index (χ4n) is 2.08. The van der Waals surface area contributed by atoms with E-state index in [1.165, 1.54) is 6.20 Å². The Morgan fingerprint density at radius 3 is 2.77 bits per heavy atom. The first kappa shape index (κ1) is 17.9. The number of carbonyl (C=O) groups is 1. The number of anilines is 2. The van der Waals surface area contributed by atoms with Crippen LogP contribution in [0.3, 0.4) is 0 Å². The van der Waals surface area contributed by atoms with Crippen LogP contribution in [-0.2, 0) is 4.79 Å². The summed E-state index contributed by atoms with van der Waals surface area (Å²) < 4.78 is 0. The van der Waals surface area contributed by atoms with E-state index in [0.717, 1.165) is 11.8 Å². The van der Waals surface area contributed by atoms with Crippen LogP contribution in [0.15, 0.2) is 52.5 Å². The minimum atomic E-state index is -0.434. The Balaban J connectivity index is 1.67. The van der Waals surface area contributed by atoms with Crippen LogP contribution in [0.1, 0.15) is 0 Å². The molecule has 10 heteroatoms. The quantitative estimate of drug-likeness (QED) is 0.347. The lowest BCUT2D eigenvalue weighted by atomic mass is 10.1. The van der Waals surface area contributed by atoms with Crippen LogP contribution >= 0.6 is 23.4 Å². The molecule has 0 aliphatic heterocycles. The maximum Gasteiger partial charge on any atom is 0.278 e. The molecule has 4 N–H and O–H groups in total. The fraction of sp³-hybridized carbons (Fsp3) is 0.0625. The first-order valence-electron chi connectivity index (χ1n) is 7.39. The van der Waals surface area contributed by atoms with Crippen LogP contribution in [0.5, 0.6) is 0 Å². The van der Waals surface area contributed by atoms with E-state index in [1.54, 1.807) is 36.4 Å². The van der Waals surface area contributed by atoms with Gasteiger partial charge < -0.3 is 11.1 Å². The number of para-hydroxylation sites is 1. The van der Waals surface area contributed by atoms with E-state index in [4.69, 9.17) is 17.3 Å². The van der Waals surface area contributed by atoms with Crippen molar-refractivity contribution in [2.45, 2.75) is 5.16 Å². The zero-order valence-corrected chi connectivity index (χ0v) is 14.8. The third-order valence-corrected chi connectivity index (χ3v) is 4.43. The zero-order chi connectivity index (χ0) is 18.5. The summed E-state index contributed by atoms with van der Waals surface area (Å²) in [4.78, 5) is 30.7. The summed E-state index contributed by atoms with van der Waals surface area (Å²) in [5.74, 6) is -0.299. The van der Waals surface area contributed by atoms with Crippen molar-refractivity contribution in [1.29, 1.82) is 0 Å². The Labute approximate surface area is 157 Å². The number of nitrogens with zero attached hydrogens (tertiary/aromatic N) is 3. The lowest BCUT2D eigenvalue weighted by molar-refractivity contribution is -0.113. The molecular weight excluding hydrogens is 376 g/mol. The molecule has 0 unspecified atom stereocenters. The van der Waals surface area contributed by atoms with E-state index in [9.17, 15) is 9.59 Å². The number of nitrogens with one attached hydrogen (secondary N) is 2. The van der Waals surface area contributed by atoms with Gasteiger partial charge in [0.1, 0.15) is 0 Å². The summed E-state index contributed by atoms with van der Waals surface area (Å²) in [6.45, 7) is 0. The average Bonchev–Trinajstić information content (AvgIpc) is 2.63. The minimum Gasteiger partial charge on any atom is -0.398 e. The number of pyridine rings is 1. The predicted molar refractivity (Wildman–Crippen MR) is 101 cm³/mol. The number of halogens is 1. The molecule has 0 aliphatic rings. The molecule has 2 heterocycles. The van der Waals surface area contributed by atoms with E-state index >= 15 is 0 Å². The van der Waals surface area contributed by atoms with Gasteiger partial charge in [0.2, 0.25) is 5.91 Å². The highest BCUT2D eigenvalue weighted by Gasteiger charge is 2.12. The van der Waals surface area contributed by atoms with Crippen LogP contribution in [0, 0.1) is 0 Å². The van der Waals surface area contributed by atoms with Crippen molar-refractivity contribution >= 4 is 40.6 Å². The second kappa shape index (κ2) is 7.98. The molecule has 0 fully saturated rings. The van der Waals surface area contributed by atoms with Gasteiger partial charge in [-0.15, -0.1) is 10.2 Å². The number of thioether (sulfide) groups is 1. The van der Waals surface area contributed by atoms with Gasteiger partial charge in [-0.25, -0.2) is 4.98 Å². The van der Waals surface area contributed by atoms with Gasteiger partial charge in [0.15, 0.2) is 16.0 Å². The van der Waals surface area contributed by atoms with E-state index < -0.39 is 5.56 Å². The SMILES string of the molecule is Nc1ccccc1-c1nnc(SCC(=O)Nc2cccnc2Cl)[nH]c1=O. The van der Waals surface area contributed by atoms with Gasteiger partial charge >= 0.3 is 0 Å². The van der Waals surface area contributed by atoms with E-state index in [0.29, 0.717) is 16.9 Å². The van der Waals surface area contributed by atoms with Gasteiger partial charge in [-0.05, 0) is 18.2 Å². The minimum absolute atomic E-state index is 0.0165. The molecule has 0 radical (unpaired) electrons. The highest BCUT2D eigenvalue weighted by Crippen LogP contribution is 2.21. The van der Waals surface area contributed by atoms with Crippen molar-refractivity contribution in [3.8, 4) is 11.3 Å². The summed E-state index contributed by atoms with van der Waals surface area (Å²) in [5.41, 5.74) is 6.88. The van der Waals surface area contributed by atoms with Crippen molar-refractivity contribution < 1.29 is 4.79 Å². The molecule has 1 amide bonds. The Kier molecular flexibility index (Phi) is 5.49. The fourth-order valence-corrected chi connectivity index (χ4v) is 2.85. The van der Waals surface area contributed by atoms with Crippen molar-refractivity contribution in [1.82, 2.24) is 20.2 Å². The molecule has 0 bridgehead atoms. The number of hydrogen-bond acceptors (Lipinski definition) is 7. The lowest BCUT2D eigenvalue weighted by Gasteiger charge is -2.06. The third kappa shape index (κ3) is 4.19. The highest BCUT2D eigenvalue weighted by atomic mass is 35.5. The number of H-pyrrole nitrogens is 1. The zero-order valence-electron chi connectivity index (χ0n) is 13.3. The van der Waals surface area contributed by atoms with Crippen molar-refractivity contribution in [3.05, 3.63) is 58.1 Å². The normalized spacial score (nSPS) is 10.5. The number of nitrogens with two attached hydrogens (primary N) is 1. The molecule has 0 spiro atoms. The maximum atomic E-state index is 12.2. The Bertz CT molecular complexity index is 1010. The lowest BCUT2D eigenvalue weighted by Crippen LogP contribution is -2.17. The van der Waals surface area contributed by atoms with Crippen molar-refractivity contribution in [2.75, 3.05) is 16.8 Å². The van der Waals surface area contributed by atoms with Crippen molar-refractivity contribution in [3.63, 3.8) is 0 Å². The molecule has 8 nitrogen and oxygen atoms in total. The summed E-state index contributed by atoms with van der Waals surface area (Å²) in [6.07, 6.45) is 1.52. The van der Waals surface area contributed by atoms with E-state index in [-0.39, 0.29) is 27.7 Å². The summed E-state index contributed by atoms with van der Waals surface area (Å²) >= 11 is 6.92. The molecular formula is C16H13ClN6O2S. The van der Waals surface area contributed by atoms with Gasteiger partial charge in [-0.2, -0.15) is 0 Å². The Morgan fingerprint density at radius 2 is 2.04 bits per heavy atom. The third-order valence-electron chi connectivity index (χ3n) is 3.27. The van der Waals surface area contributed by atoms with Gasteiger partial charge in [-0.1, -0.05) is 41.6 Å². The van der Waals surface area contributed by atoms with Gasteiger partial charge in [0.25, 0.3) is 5.56 Å². The Morgan fingerprint density at radius 1 is 1.23 bits per heavy atom. The topological polar surface area (TPSA) is 127 Å². The molecule has 3 rings (SSSR count). The van der Waals surface area contributed by atoms with Crippen LogP contribution < -0.4 is 16.6 Å². The molecule has 26 heavy (non-hydrogen) atoms. The number of carbonyl (C=O) groups excluding carboxylic acids is 1. The number of aromatic amines is 1. The molecule has 0 aliphatic carbocycles. The summed E-state index contributed by atoms with van der Waals surface area (Å²) in [7, 11) is 0. The van der Waals surface area contributed by atoms with Crippen LogP contribution in [0.25, 0.3) is 11.3 Å². The number of hydrogen-bond donors (Lipinski definition) is 3. The molecule has 0 saturated carbocycles. The number of amides is 1. The number of aromatic nitrogens is 4. The molecule has 0 atom stereocenters. The van der Waals surface area contributed by atoms with Crippen LogP contribution in [-0.4, -0.2) is 31.8 Å². The maximum absolute atomic E-state index is 12.2. The second-order valence-electron chi connectivity index (χ2n) is 5.07. The molecule has 3 aromatic rings. The number of nitrogen functional groups attached to an aromatic ring is 1. The monoisotopic (exact) mass is 388 g/mol. The van der Waals surface area contributed by atoms with Crippen LogP contribution in [0.2, 0.25) is 5.15 Å². The van der Waals surface area contributed by atoms with E-state index in [1.807, 2.05) is 0 Å². The second-order valence-corrected chi connectivity index (χ2v) is 6.40. The number of rotatable bonds is 5. The first-order valence-corrected chi connectivity index (χ1v) is 8.76. The molecule has 2 aromatic heterocycles. The average molecular weight is 389 g/mol.